The highest BCUT2D eigenvalue weighted by Gasteiger charge is 2.18. The number of nitrogens with two attached hydrogens (primary N) is 1. The Hall–Kier alpha value is -0.240. The maximum Gasteiger partial charge on any atom is 0.0603 e. The van der Waals surface area contributed by atoms with E-state index in [0.717, 1.165) is 25.3 Å². The number of hydrogen-bond donors (Lipinski definition) is 1. The van der Waals surface area contributed by atoms with E-state index in [-0.39, 0.29) is 0 Å². The van der Waals surface area contributed by atoms with Crippen LogP contribution in [0.25, 0.3) is 0 Å². The van der Waals surface area contributed by atoms with Crippen molar-refractivity contribution < 1.29 is 0 Å². The summed E-state index contributed by atoms with van der Waals surface area (Å²) >= 11 is 4.55. The molecule has 0 aromatic rings. The summed E-state index contributed by atoms with van der Waals surface area (Å²) in [6.07, 6.45) is 4.71. The van der Waals surface area contributed by atoms with Gasteiger partial charge in [0.1, 0.15) is 0 Å². The number of rotatable bonds is 2. The predicted molar refractivity (Wildman–Crippen MR) is 49.8 cm³/mol. The van der Waals surface area contributed by atoms with Gasteiger partial charge in [-0.25, -0.2) is 4.99 Å². The van der Waals surface area contributed by atoms with E-state index in [1.54, 1.807) is 0 Å². The average Bonchev–Trinajstić information content (AvgIpc) is 2.07. The van der Waals surface area contributed by atoms with Crippen molar-refractivity contribution in [1.29, 1.82) is 0 Å². The molecule has 0 unspecified atom stereocenters. The quantitative estimate of drug-likeness (QED) is 0.505. The molecule has 0 heterocycles. The van der Waals surface area contributed by atoms with Gasteiger partial charge < -0.3 is 5.73 Å². The van der Waals surface area contributed by atoms with Crippen LogP contribution < -0.4 is 5.73 Å². The molecule has 0 saturated heterocycles. The Kier molecular flexibility index (Phi) is 3.70. The molecule has 0 amide bonds. The summed E-state index contributed by atoms with van der Waals surface area (Å²) in [7, 11) is 0. The van der Waals surface area contributed by atoms with Gasteiger partial charge in [-0.05, 0) is 50.4 Å². The van der Waals surface area contributed by atoms with Gasteiger partial charge in [-0.1, -0.05) is 0 Å². The maximum atomic E-state index is 5.56. The van der Waals surface area contributed by atoms with Crippen molar-refractivity contribution in [2.75, 3.05) is 6.54 Å². The minimum absolute atomic E-state index is 0.440. The molecule has 0 aromatic heterocycles. The minimum Gasteiger partial charge on any atom is -0.330 e. The molecule has 0 aromatic carbocycles. The summed E-state index contributed by atoms with van der Waals surface area (Å²) in [5.74, 6) is 0.728. The molecular formula is C8H14N2S. The van der Waals surface area contributed by atoms with Crippen molar-refractivity contribution >= 4 is 17.4 Å². The van der Waals surface area contributed by atoms with Crippen LogP contribution in [0, 0.1) is 5.92 Å². The molecule has 0 atom stereocenters. The molecule has 11 heavy (non-hydrogen) atoms. The standard InChI is InChI=1S/C8H14N2S/c9-5-7-1-3-8(4-2-7)10-6-11/h7-8H,1-5,9H2/t7-,8-. The Bertz CT molecular complexity index is 155. The van der Waals surface area contributed by atoms with E-state index in [9.17, 15) is 0 Å². The second-order valence-corrected chi connectivity index (χ2v) is 3.31. The first-order valence-corrected chi connectivity index (χ1v) is 4.54. The first-order valence-electron chi connectivity index (χ1n) is 4.14. The number of thiocarbonyl (C=S) groups is 1. The lowest BCUT2D eigenvalue weighted by atomic mass is 9.86. The van der Waals surface area contributed by atoms with E-state index >= 15 is 0 Å². The monoisotopic (exact) mass is 170 g/mol. The second-order valence-electron chi connectivity index (χ2n) is 3.13. The third-order valence-corrected chi connectivity index (χ3v) is 2.49. The lowest BCUT2D eigenvalue weighted by molar-refractivity contribution is 0.335. The highest BCUT2D eigenvalue weighted by Crippen LogP contribution is 2.24. The Morgan fingerprint density at radius 3 is 2.45 bits per heavy atom. The Balaban J connectivity index is 2.29. The summed E-state index contributed by atoms with van der Waals surface area (Å²) in [6.45, 7) is 0.827. The highest BCUT2D eigenvalue weighted by molar-refractivity contribution is 7.78. The predicted octanol–water partition coefficient (Wildman–Crippen LogP) is 1.61. The summed E-state index contributed by atoms with van der Waals surface area (Å²) < 4.78 is 0. The fourth-order valence-corrected chi connectivity index (χ4v) is 1.73. The summed E-state index contributed by atoms with van der Waals surface area (Å²) in [5.41, 5.74) is 5.56. The lowest BCUT2D eigenvalue weighted by Gasteiger charge is -2.23. The topological polar surface area (TPSA) is 38.4 Å². The zero-order valence-electron chi connectivity index (χ0n) is 6.62. The molecule has 1 rings (SSSR count). The van der Waals surface area contributed by atoms with Crippen LogP contribution in [0.15, 0.2) is 4.99 Å². The zero-order chi connectivity index (χ0) is 8.10. The van der Waals surface area contributed by atoms with Crippen molar-refractivity contribution in [2.24, 2.45) is 16.6 Å². The van der Waals surface area contributed by atoms with Crippen LogP contribution in [0.4, 0.5) is 0 Å². The highest BCUT2D eigenvalue weighted by atomic mass is 32.1. The third-order valence-electron chi connectivity index (χ3n) is 2.38. The van der Waals surface area contributed by atoms with Crippen molar-refractivity contribution in [3.63, 3.8) is 0 Å². The van der Waals surface area contributed by atoms with Crippen LogP contribution in [0.1, 0.15) is 25.7 Å². The molecule has 2 nitrogen and oxygen atoms in total. The second kappa shape index (κ2) is 4.60. The van der Waals surface area contributed by atoms with E-state index in [1.165, 1.54) is 12.8 Å². The molecule has 0 bridgehead atoms. The smallest absolute Gasteiger partial charge is 0.0603 e. The fourth-order valence-electron chi connectivity index (χ4n) is 1.58. The van der Waals surface area contributed by atoms with Gasteiger partial charge in [0.15, 0.2) is 0 Å². The first kappa shape index (κ1) is 8.85. The Morgan fingerprint density at radius 1 is 1.36 bits per heavy atom. The van der Waals surface area contributed by atoms with Crippen LogP contribution >= 0.6 is 12.2 Å². The molecule has 1 fully saturated rings. The number of hydrogen-bond acceptors (Lipinski definition) is 3. The molecule has 1 aliphatic carbocycles. The number of aliphatic imine (C=N–C) groups is 1. The van der Waals surface area contributed by atoms with E-state index in [1.807, 2.05) is 0 Å². The minimum atomic E-state index is 0.440. The molecule has 1 saturated carbocycles. The largest absolute Gasteiger partial charge is 0.330 e. The maximum absolute atomic E-state index is 5.56. The molecule has 62 valence electrons. The molecule has 0 spiro atoms. The average molecular weight is 170 g/mol. The molecular weight excluding hydrogens is 156 g/mol. The van der Waals surface area contributed by atoms with Crippen molar-refractivity contribution in [3.8, 4) is 0 Å². The van der Waals surface area contributed by atoms with E-state index in [4.69, 9.17) is 5.73 Å². The van der Waals surface area contributed by atoms with E-state index in [2.05, 4.69) is 22.4 Å². The van der Waals surface area contributed by atoms with Crippen LogP contribution in [0.3, 0.4) is 0 Å². The van der Waals surface area contributed by atoms with Gasteiger partial charge in [0.05, 0.1) is 11.2 Å². The summed E-state index contributed by atoms with van der Waals surface area (Å²) in [4.78, 5) is 4.08. The van der Waals surface area contributed by atoms with Gasteiger partial charge in [0, 0.05) is 0 Å². The van der Waals surface area contributed by atoms with E-state index < -0.39 is 0 Å². The van der Waals surface area contributed by atoms with Crippen LogP contribution in [0.2, 0.25) is 0 Å². The summed E-state index contributed by atoms with van der Waals surface area (Å²) in [6, 6.07) is 0.440. The fraction of sp³-hybridized carbons (Fsp3) is 0.875. The zero-order valence-corrected chi connectivity index (χ0v) is 7.44. The van der Waals surface area contributed by atoms with E-state index in [0.29, 0.717) is 6.04 Å². The van der Waals surface area contributed by atoms with Crippen LogP contribution in [-0.4, -0.2) is 17.7 Å². The molecule has 0 aliphatic heterocycles. The summed E-state index contributed by atoms with van der Waals surface area (Å²) in [5, 5.41) is 2.45. The molecule has 0 radical (unpaired) electrons. The Morgan fingerprint density at radius 2 is 2.00 bits per heavy atom. The van der Waals surface area contributed by atoms with Crippen molar-refractivity contribution in [2.45, 2.75) is 31.7 Å². The van der Waals surface area contributed by atoms with Crippen molar-refractivity contribution in [3.05, 3.63) is 0 Å². The Labute approximate surface area is 72.9 Å². The lowest BCUT2D eigenvalue weighted by Crippen LogP contribution is -2.22. The number of isothiocyanates is 1. The van der Waals surface area contributed by atoms with Gasteiger partial charge in [-0.2, -0.15) is 0 Å². The van der Waals surface area contributed by atoms with Gasteiger partial charge in [0.25, 0.3) is 0 Å². The third kappa shape index (κ3) is 2.70. The van der Waals surface area contributed by atoms with Crippen molar-refractivity contribution in [1.82, 2.24) is 0 Å². The molecule has 2 N–H and O–H groups in total. The molecule has 1 aliphatic rings. The van der Waals surface area contributed by atoms with Gasteiger partial charge >= 0.3 is 0 Å². The van der Waals surface area contributed by atoms with Crippen LogP contribution in [0.5, 0.6) is 0 Å². The van der Waals surface area contributed by atoms with Gasteiger partial charge in [0.2, 0.25) is 0 Å². The first-order chi connectivity index (χ1) is 5.36. The van der Waals surface area contributed by atoms with Gasteiger partial charge in [-0.3, -0.25) is 0 Å². The SMILES string of the molecule is NC[C@H]1CC[C@H](N=C=S)CC1. The molecule has 3 heteroatoms. The normalized spacial score (nSPS) is 31.0. The van der Waals surface area contributed by atoms with Gasteiger partial charge in [-0.15, -0.1) is 0 Å². The number of nitrogens with zero attached hydrogens (tertiary/aromatic N) is 1. The van der Waals surface area contributed by atoms with Crippen LogP contribution in [-0.2, 0) is 0 Å².